The molecule has 0 amide bonds. The van der Waals surface area contributed by atoms with E-state index in [1.54, 1.807) is 12.1 Å². The molecule has 1 aromatic heterocycles. The number of benzene rings is 1. The summed E-state index contributed by atoms with van der Waals surface area (Å²) in [5, 5.41) is 11.8. The molecule has 2 saturated heterocycles. The van der Waals surface area contributed by atoms with Crippen LogP contribution < -0.4 is 5.32 Å². The molecule has 24 heavy (non-hydrogen) atoms. The number of rotatable bonds is 4. The molecule has 0 spiro atoms. The Morgan fingerprint density at radius 3 is 2.96 bits per heavy atom. The number of aromatic nitrogens is 2. The summed E-state index contributed by atoms with van der Waals surface area (Å²) in [4.78, 5) is 2.50. The summed E-state index contributed by atoms with van der Waals surface area (Å²) in [6, 6.07) is 6.28. The lowest BCUT2D eigenvalue weighted by molar-refractivity contribution is 0.0402. The fourth-order valence-corrected chi connectivity index (χ4v) is 4.52. The van der Waals surface area contributed by atoms with Crippen LogP contribution in [0.5, 0.6) is 0 Å². The molecule has 2 atom stereocenters. The van der Waals surface area contributed by atoms with Crippen LogP contribution >= 0.6 is 0 Å². The first-order chi connectivity index (χ1) is 11.6. The first kappa shape index (κ1) is 14.5. The molecular weight excluding hydrogens is 307 g/mol. The highest BCUT2D eigenvalue weighted by Gasteiger charge is 2.59. The third-order valence-corrected chi connectivity index (χ3v) is 5.92. The van der Waals surface area contributed by atoms with Crippen molar-refractivity contribution in [3.8, 4) is 11.5 Å². The van der Waals surface area contributed by atoms with Gasteiger partial charge in [0, 0.05) is 31.7 Å². The van der Waals surface area contributed by atoms with Crippen molar-refractivity contribution in [2.24, 2.45) is 11.3 Å². The molecule has 1 aromatic carbocycles. The largest absolute Gasteiger partial charge is 0.420 e. The van der Waals surface area contributed by atoms with Gasteiger partial charge in [0.1, 0.15) is 5.82 Å². The second-order valence-electron chi connectivity index (χ2n) is 8.02. The third kappa shape index (κ3) is 2.20. The number of halogens is 1. The maximum atomic E-state index is 13.4. The summed E-state index contributed by atoms with van der Waals surface area (Å²) in [5.74, 6) is 1.64. The minimum absolute atomic E-state index is 0.0916. The third-order valence-electron chi connectivity index (χ3n) is 5.92. The minimum atomic E-state index is -0.295. The molecule has 126 valence electrons. The number of piperidine rings is 1. The van der Waals surface area contributed by atoms with Crippen molar-refractivity contribution in [3.05, 3.63) is 36.0 Å². The van der Waals surface area contributed by atoms with Crippen molar-refractivity contribution >= 4 is 0 Å². The van der Waals surface area contributed by atoms with Gasteiger partial charge < -0.3 is 14.6 Å². The summed E-state index contributed by atoms with van der Waals surface area (Å²) in [6.45, 7) is 7.59. The van der Waals surface area contributed by atoms with E-state index in [4.69, 9.17) is 4.42 Å². The Bertz CT molecular complexity index is 785. The molecule has 3 aliphatic rings. The summed E-state index contributed by atoms with van der Waals surface area (Å²) < 4.78 is 19.2. The fraction of sp³-hybridized carbons (Fsp3) is 0.556. The van der Waals surface area contributed by atoms with Crippen LogP contribution in [0.3, 0.4) is 0 Å². The van der Waals surface area contributed by atoms with E-state index in [0.29, 0.717) is 22.8 Å². The molecule has 5 rings (SSSR count). The Balaban J connectivity index is 1.28. The molecule has 0 radical (unpaired) electrons. The number of hydrogen-bond acceptors (Lipinski definition) is 5. The molecule has 0 bridgehead atoms. The number of fused-ring (bicyclic) bond motifs is 1. The van der Waals surface area contributed by atoms with Crippen LogP contribution in [0.2, 0.25) is 0 Å². The fourth-order valence-electron chi connectivity index (χ4n) is 4.52. The van der Waals surface area contributed by atoms with Gasteiger partial charge in [-0.15, -0.1) is 10.2 Å². The SMILES string of the molecule is CC1(c2nnc(-c3cccc(F)c3)o2)CN(CC23CNCC2C3)C1. The van der Waals surface area contributed by atoms with Crippen LogP contribution in [0.1, 0.15) is 19.2 Å². The Morgan fingerprint density at radius 1 is 1.38 bits per heavy atom. The van der Waals surface area contributed by atoms with Gasteiger partial charge >= 0.3 is 0 Å². The standard InChI is InChI=1S/C18H21FN4O/c1-17(9-23(10-17)11-18-6-13(18)7-20-8-18)16-22-21-15(24-16)12-3-2-4-14(19)5-12/h2-5,13,20H,6-11H2,1H3. The summed E-state index contributed by atoms with van der Waals surface area (Å²) in [5.41, 5.74) is 1.07. The quantitative estimate of drug-likeness (QED) is 0.931. The van der Waals surface area contributed by atoms with Crippen LogP contribution in [0.25, 0.3) is 11.5 Å². The van der Waals surface area contributed by atoms with Gasteiger partial charge in [0.2, 0.25) is 11.8 Å². The van der Waals surface area contributed by atoms with Crippen molar-refractivity contribution in [1.29, 1.82) is 0 Å². The van der Waals surface area contributed by atoms with Gasteiger partial charge in [-0.05, 0) is 49.4 Å². The smallest absolute Gasteiger partial charge is 0.247 e. The molecule has 1 N–H and O–H groups in total. The summed E-state index contributed by atoms with van der Waals surface area (Å²) >= 11 is 0. The van der Waals surface area contributed by atoms with E-state index in [9.17, 15) is 4.39 Å². The van der Waals surface area contributed by atoms with Gasteiger partial charge in [0.15, 0.2) is 0 Å². The summed E-state index contributed by atoms with van der Waals surface area (Å²) in [7, 11) is 0. The lowest BCUT2D eigenvalue weighted by Crippen LogP contribution is -2.59. The van der Waals surface area contributed by atoms with E-state index >= 15 is 0 Å². The highest BCUT2D eigenvalue weighted by Crippen LogP contribution is 2.56. The van der Waals surface area contributed by atoms with Gasteiger partial charge in [-0.1, -0.05) is 6.07 Å². The second-order valence-corrected chi connectivity index (χ2v) is 8.02. The second kappa shape index (κ2) is 4.86. The molecule has 6 heteroatoms. The molecule has 1 saturated carbocycles. The Hall–Kier alpha value is -1.79. The molecule has 2 aliphatic heterocycles. The van der Waals surface area contributed by atoms with Gasteiger partial charge in [-0.3, -0.25) is 0 Å². The molecular formula is C18H21FN4O. The number of nitrogens with zero attached hydrogens (tertiary/aromatic N) is 3. The first-order valence-electron chi connectivity index (χ1n) is 8.59. The van der Waals surface area contributed by atoms with Gasteiger partial charge in [0.25, 0.3) is 0 Å². The van der Waals surface area contributed by atoms with Gasteiger partial charge in [-0.2, -0.15) is 0 Å². The number of hydrogen-bond donors (Lipinski definition) is 1. The van der Waals surface area contributed by atoms with Crippen molar-refractivity contribution < 1.29 is 8.81 Å². The van der Waals surface area contributed by atoms with E-state index in [1.165, 1.54) is 31.6 Å². The average molecular weight is 328 g/mol. The van der Waals surface area contributed by atoms with Crippen LogP contribution in [-0.2, 0) is 5.41 Å². The van der Waals surface area contributed by atoms with Crippen molar-refractivity contribution in [2.45, 2.75) is 18.8 Å². The monoisotopic (exact) mass is 328 g/mol. The van der Waals surface area contributed by atoms with Crippen LogP contribution in [0.15, 0.2) is 28.7 Å². The zero-order valence-electron chi connectivity index (χ0n) is 13.8. The van der Waals surface area contributed by atoms with Crippen molar-refractivity contribution in [1.82, 2.24) is 20.4 Å². The van der Waals surface area contributed by atoms with Crippen molar-refractivity contribution in [3.63, 3.8) is 0 Å². The molecule has 3 heterocycles. The Kier molecular flexibility index (Phi) is 2.95. The zero-order chi connectivity index (χ0) is 16.4. The van der Waals surface area contributed by atoms with E-state index in [-0.39, 0.29) is 11.2 Å². The highest BCUT2D eigenvalue weighted by atomic mass is 19.1. The average Bonchev–Trinajstić information content (AvgIpc) is 2.92. The van der Waals surface area contributed by atoms with Gasteiger partial charge in [-0.25, -0.2) is 4.39 Å². The van der Waals surface area contributed by atoms with Crippen LogP contribution in [0, 0.1) is 17.2 Å². The zero-order valence-corrected chi connectivity index (χ0v) is 13.8. The van der Waals surface area contributed by atoms with Crippen LogP contribution in [-0.4, -0.2) is 47.8 Å². The molecule has 2 unspecified atom stereocenters. The molecule has 1 aliphatic carbocycles. The van der Waals surface area contributed by atoms with E-state index in [1.807, 2.05) is 0 Å². The minimum Gasteiger partial charge on any atom is -0.420 e. The highest BCUT2D eigenvalue weighted by molar-refractivity contribution is 5.52. The Labute approximate surface area is 140 Å². The first-order valence-corrected chi connectivity index (χ1v) is 8.59. The lowest BCUT2D eigenvalue weighted by atomic mass is 9.81. The predicted molar refractivity (Wildman–Crippen MR) is 86.9 cm³/mol. The lowest BCUT2D eigenvalue weighted by Gasteiger charge is -2.47. The topological polar surface area (TPSA) is 54.2 Å². The number of likely N-dealkylation sites (tertiary alicyclic amines) is 1. The molecule has 2 aromatic rings. The maximum absolute atomic E-state index is 13.4. The molecule has 3 fully saturated rings. The van der Waals surface area contributed by atoms with Crippen LogP contribution in [0.4, 0.5) is 4.39 Å². The maximum Gasteiger partial charge on any atom is 0.247 e. The van der Waals surface area contributed by atoms with E-state index in [0.717, 1.165) is 25.6 Å². The predicted octanol–water partition coefficient (Wildman–Crippen LogP) is 2.06. The summed E-state index contributed by atoms with van der Waals surface area (Å²) in [6.07, 6.45) is 1.37. The van der Waals surface area contributed by atoms with Gasteiger partial charge in [0.05, 0.1) is 5.41 Å². The van der Waals surface area contributed by atoms with E-state index < -0.39 is 0 Å². The van der Waals surface area contributed by atoms with E-state index in [2.05, 4.69) is 27.3 Å². The normalized spacial score (nSPS) is 30.8. The Morgan fingerprint density at radius 2 is 2.25 bits per heavy atom. The van der Waals surface area contributed by atoms with Crippen molar-refractivity contribution in [2.75, 3.05) is 32.7 Å². The molecule has 5 nitrogen and oxygen atoms in total. The number of nitrogens with one attached hydrogen (secondary N) is 1.